The summed E-state index contributed by atoms with van der Waals surface area (Å²) in [6, 6.07) is 6.87. The molecule has 0 saturated carbocycles. The van der Waals surface area contributed by atoms with Crippen molar-refractivity contribution in [2.75, 3.05) is 49.2 Å². The van der Waals surface area contributed by atoms with E-state index in [1.807, 2.05) is 31.2 Å². The zero-order valence-corrected chi connectivity index (χ0v) is 24.0. The Labute approximate surface area is 237 Å². The largest absolute Gasteiger partial charge is 0.461 e. The fourth-order valence-electron chi connectivity index (χ4n) is 7.10. The van der Waals surface area contributed by atoms with Crippen LogP contribution >= 0.6 is 0 Å². The van der Waals surface area contributed by atoms with Gasteiger partial charge in [0.15, 0.2) is 0 Å². The molecule has 3 aliphatic heterocycles. The number of aliphatic hydroxyl groups excluding tert-OH is 1. The topological polar surface area (TPSA) is 99.6 Å². The highest BCUT2D eigenvalue weighted by atomic mass is 16.6. The summed E-state index contributed by atoms with van der Waals surface area (Å²) in [5.41, 5.74) is -0.273. The second-order valence-electron chi connectivity index (χ2n) is 10.8. The first kappa shape index (κ1) is 29.8. The number of aliphatic hydroxyl groups is 1. The molecule has 2 bridgehead atoms. The molecular weight excluding hydrogens is 510 g/mol. The zero-order chi connectivity index (χ0) is 29.1. The molecule has 0 aromatic heterocycles. The van der Waals surface area contributed by atoms with Crippen LogP contribution in [0.25, 0.3) is 0 Å². The van der Waals surface area contributed by atoms with E-state index in [4.69, 9.17) is 9.47 Å². The fraction of sp³-hybridized carbons (Fsp3) is 0.581. The number of benzene rings is 1. The summed E-state index contributed by atoms with van der Waals surface area (Å²) < 4.78 is 12.2. The molecule has 1 spiro atoms. The van der Waals surface area contributed by atoms with Crippen molar-refractivity contribution in [2.45, 2.75) is 63.7 Å². The number of fused-ring (bicyclic) bond motifs is 1. The van der Waals surface area contributed by atoms with Crippen molar-refractivity contribution >= 4 is 29.2 Å². The third-order valence-electron chi connectivity index (χ3n) is 8.94. The summed E-state index contributed by atoms with van der Waals surface area (Å²) >= 11 is 0. The van der Waals surface area contributed by atoms with E-state index in [0.29, 0.717) is 31.4 Å². The van der Waals surface area contributed by atoms with Crippen LogP contribution in [0.4, 0.5) is 11.4 Å². The van der Waals surface area contributed by atoms with Crippen LogP contribution < -0.4 is 9.80 Å². The Morgan fingerprint density at radius 3 is 2.38 bits per heavy atom. The number of ether oxygens (including phenoxy) is 2. The summed E-state index contributed by atoms with van der Waals surface area (Å²) in [7, 11) is 0. The normalized spacial score (nSPS) is 28.4. The average Bonchev–Trinajstić information content (AvgIpc) is 3.57. The summed E-state index contributed by atoms with van der Waals surface area (Å²) in [6.45, 7) is 15.7. The van der Waals surface area contributed by atoms with E-state index in [1.54, 1.807) is 11.0 Å². The third kappa shape index (κ3) is 4.73. The molecule has 1 aromatic rings. The first-order valence-corrected chi connectivity index (χ1v) is 14.4. The van der Waals surface area contributed by atoms with Crippen molar-refractivity contribution in [2.24, 2.45) is 11.8 Å². The maximum Gasteiger partial charge on any atom is 0.313 e. The number of amides is 2. The van der Waals surface area contributed by atoms with Crippen molar-refractivity contribution in [3.63, 3.8) is 0 Å². The van der Waals surface area contributed by atoms with Gasteiger partial charge in [0.2, 0.25) is 5.91 Å². The molecule has 5 atom stereocenters. The van der Waals surface area contributed by atoms with Gasteiger partial charge in [-0.05, 0) is 63.8 Å². The summed E-state index contributed by atoms with van der Waals surface area (Å²) in [5.74, 6) is -2.71. The summed E-state index contributed by atoms with van der Waals surface area (Å²) in [6.07, 6.45) is 5.03. The van der Waals surface area contributed by atoms with Gasteiger partial charge in [-0.3, -0.25) is 14.4 Å². The molecule has 2 amide bonds. The highest BCUT2D eigenvalue weighted by molar-refractivity contribution is 6.05. The highest BCUT2D eigenvalue weighted by Crippen LogP contribution is 2.64. The Kier molecular flexibility index (Phi) is 9.05. The van der Waals surface area contributed by atoms with E-state index in [2.05, 4.69) is 31.9 Å². The van der Waals surface area contributed by atoms with Crippen molar-refractivity contribution in [1.82, 2.24) is 4.90 Å². The van der Waals surface area contributed by atoms with Gasteiger partial charge < -0.3 is 29.3 Å². The summed E-state index contributed by atoms with van der Waals surface area (Å²) in [4.78, 5) is 47.4. The fourth-order valence-corrected chi connectivity index (χ4v) is 7.10. The van der Waals surface area contributed by atoms with Gasteiger partial charge in [0.1, 0.15) is 24.2 Å². The molecule has 1 aromatic carbocycles. The minimum absolute atomic E-state index is 0.0379. The molecule has 4 rings (SSSR count). The van der Waals surface area contributed by atoms with Gasteiger partial charge in [0.25, 0.3) is 5.91 Å². The molecule has 9 nitrogen and oxygen atoms in total. The minimum Gasteiger partial charge on any atom is -0.461 e. The van der Waals surface area contributed by atoms with Crippen molar-refractivity contribution in [3.05, 3.63) is 49.6 Å². The number of rotatable bonds is 14. The molecule has 0 radical (unpaired) electrons. The molecule has 0 aliphatic carbocycles. The van der Waals surface area contributed by atoms with E-state index >= 15 is 0 Å². The van der Waals surface area contributed by atoms with Gasteiger partial charge in [-0.15, -0.1) is 6.58 Å². The second kappa shape index (κ2) is 12.1. The van der Waals surface area contributed by atoms with E-state index < -0.39 is 35.0 Å². The van der Waals surface area contributed by atoms with Crippen molar-refractivity contribution < 1.29 is 29.0 Å². The molecule has 3 fully saturated rings. The quantitative estimate of drug-likeness (QED) is 0.279. The van der Waals surface area contributed by atoms with Gasteiger partial charge >= 0.3 is 5.97 Å². The molecule has 40 heavy (non-hydrogen) atoms. The number of carbonyl (C=O) groups is 3. The average molecular weight is 554 g/mol. The third-order valence-corrected chi connectivity index (χ3v) is 8.94. The lowest BCUT2D eigenvalue weighted by molar-refractivity contribution is -0.159. The molecule has 2 unspecified atom stereocenters. The Morgan fingerprint density at radius 2 is 1.80 bits per heavy atom. The van der Waals surface area contributed by atoms with Crippen LogP contribution in [0.3, 0.4) is 0 Å². The summed E-state index contributed by atoms with van der Waals surface area (Å²) in [5, 5.41) is 9.60. The van der Waals surface area contributed by atoms with Crippen molar-refractivity contribution in [3.8, 4) is 0 Å². The van der Waals surface area contributed by atoms with Crippen LogP contribution in [0.5, 0.6) is 0 Å². The Bertz CT molecular complexity index is 1120. The standard InChI is InChI=1S/C31H43N3O6/c1-6-18-33(23-14-12-22(13-15-23)32(9-4)10-5)28(37)26-31-17-16-30(8-3,40-31)25(29(38)39-21-7-2)24(31)27(36)34(26)19-11-20-35/h6-7,12-15,24-26,35H,1-2,8-11,16-21H2,3-5H3/t24-,25-,26?,30+,31?/m0/s1. The van der Waals surface area contributed by atoms with Crippen LogP contribution in [-0.4, -0.2) is 84.4 Å². The molecule has 3 aliphatic rings. The number of likely N-dealkylation sites (tertiary alicyclic amines) is 1. The lowest BCUT2D eigenvalue weighted by Gasteiger charge is -2.37. The van der Waals surface area contributed by atoms with E-state index in [-0.39, 0.29) is 38.1 Å². The SMILES string of the molecule is C=CCOC(=O)[C@@H]1[C@H]2C(=O)N(CCCO)C(C(=O)N(CC=C)c3ccc(N(CC)CC)cc3)C23CC[C@@]1(CC)O3. The van der Waals surface area contributed by atoms with E-state index in [1.165, 1.54) is 11.0 Å². The molecular formula is C31H43N3O6. The molecule has 218 valence electrons. The van der Waals surface area contributed by atoms with Crippen LogP contribution in [0.2, 0.25) is 0 Å². The van der Waals surface area contributed by atoms with Crippen LogP contribution in [-0.2, 0) is 23.9 Å². The number of anilines is 2. The highest BCUT2D eigenvalue weighted by Gasteiger charge is 2.79. The second-order valence-corrected chi connectivity index (χ2v) is 10.8. The van der Waals surface area contributed by atoms with Gasteiger partial charge in [-0.1, -0.05) is 25.7 Å². The minimum atomic E-state index is -1.15. The van der Waals surface area contributed by atoms with Gasteiger partial charge in [-0.25, -0.2) is 0 Å². The number of carbonyl (C=O) groups excluding carboxylic acids is 3. The maximum atomic E-state index is 14.6. The first-order valence-electron chi connectivity index (χ1n) is 14.4. The Morgan fingerprint density at radius 1 is 1.12 bits per heavy atom. The van der Waals surface area contributed by atoms with Gasteiger partial charge in [-0.2, -0.15) is 0 Å². The predicted molar refractivity (Wildman–Crippen MR) is 154 cm³/mol. The van der Waals surface area contributed by atoms with E-state index in [0.717, 1.165) is 18.8 Å². The molecule has 1 N–H and O–H groups in total. The van der Waals surface area contributed by atoms with Gasteiger partial charge in [0.05, 0.1) is 11.5 Å². The monoisotopic (exact) mass is 553 g/mol. The Hall–Kier alpha value is -3.17. The first-order chi connectivity index (χ1) is 19.3. The Balaban J connectivity index is 1.76. The lowest BCUT2D eigenvalue weighted by Crippen LogP contribution is -2.56. The number of esters is 1. The smallest absolute Gasteiger partial charge is 0.313 e. The van der Waals surface area contributed by atoms with Crippen LogP contribution in [0.15, 0.2) is 49.6 Å². The molecule has 9 heteroatoms. The van der Waals surface area contributed by atoms with Gasteiger partial charge in [0, 0.05) is 44.2 Å². The lowest BCUT2D eigenvalue weighted by atomic mass is 9.65. The van der Waals surface area contributed by atoms with Crippen molar-refractivity contribution in [1.29, 1.82) is 0 Å². The maximum absolute atomic E-state index is 14.6. The molecule has 3 heterocycles. The number of nitrogens with zero attached hydrogens (tertiary/aromatic N) is 3. The zero-order valence-electron chi connectivity index (χ0n) is 24.0. The number of hydrogen-bond donors (Lipinski definition) is 1. The van der Waals surface area contributed by atoms with E-state index in [9.17, 15) is 19.5 Å². The number of hydrogen-bond acceptors (Lipinski definition) is 7. The van der Waals surface area contributed by atoms with Crippen LogP contribution in [0.1, 0.15) is 46.5 Å². The van der Waals surface area contributed by atoms with Crippen LogP contribution in [0, 0.1) is 11.8 Å². The molecule has 3 saturated heterocycles. The predicted octanol–water partition coefficient (Wildman–Crippen LogP) is 3.32.